The van der Waals surface area contributed by atoms with Crippen LogP contribution in [0.4, 0.5) is 0 Å². The SMILES string of the molecule is CC(C)(C)C1=C=C(C(C)(C)C2=C=C(C(C)(C)C)C=C2)C=C1. The fourth-order valence-corrected chi connectivity index (χ4v) is 2.54. The smallest absolute Gasteiger partial charge is 0.0292 e. The van der Waals surface area contributed by atoms with E-state index < -0.39 is 0 Å². The molecule has 0 aromatic heterocycles. The normalized spacial score (nSPS) is 18.7. The molecule has 0 heterocycles. The lowest BCUT2D eigenvalue weighted by molar-refractivity contribution is 0.517. The molecule has 0 aromatic rings. The summed E-state index contributed by atoms with van der Waals surface area (Å²) < 4.78 is 0. The third kappa shape index (κ3) is 3.08. The minimum atomic E-state index is -0.0486. The Labute approximate surface area is 130 Å². The third-order valence-electron chi connectivity index (χ3n) is 4.33. The van der Waals surface area contributed by atoms with Gasteiger partial charge in [0, 0.05) is 16.6 Å². The van der Waals surface area contributed by atoms with Gasteiger partial charge in [0.15, 0.2) is 0 Å². The van der Waals surface area contributed by atoms with Crippen molar-refractivity contribution in [1.29, 1.82) is 0 Å². The van der Waals surface area contributed by atoms with Gasteiger partial charge in [-0.15, -0.1) is 11.5 Å². The van der Waals surface area contributed by atoms with Crippen LogP contribution in [0.5, 0.6) is 0 Å². The van der Waals surface area contributed by atoms with Gasteiger partial charge in [0.25, 0.3) is 0 Å². The van der Waals surface area contributed by atoms with Gasteiger partial charge in [-0.3, -0.25) is 0 Å². The van der Waals surface area contributed by atoms with Gasteiger partial charge in [-0.1, -0.05) is 55.4 Å². The minimum Gasteiger partial charge on any atom is -0.112 e. The second-order valence-electron chi connectivity index (χ2n) is 8.70. The molecule has 0 atom stereocenters. The van der Waals surface area contributed by atoms with Crippen LogP contribution in [0.2, 0.25) is 0 Å². The van der Waals surface area contributed by atoms with Crippen LogP contribution < -0.4 is 0 Å². The first-order valence-electron chi connectivity index (χ1n) is 7.82. The van der Waals surface area contributed by atoms with Gasteiger partial charge < -0.3 is 0 Å². The molecule has 0 spiro atoms. The van der Waals surface area contributed by atoms with Gasteiger partial charge in [-0.05, 0) is 46.3 Å². The molecule has 0 unspecified atom stereocenters. The monoisotopic (exact) mass is 280 g/mol. The van der Waals surface area contributed by atoms with E-state index in [4.69, 9.17) is 0 Å². The molecule has 0 aliphatic heterocycles. The zero-order chi connectivity index (χ0) is 16.1. The van der Waals surface area contributed by atoms with Crippen LogP contribution in [0.1, 0.15) is 55.4 Å². The fourth-order valence-electron chi connectivity index (χ4n) is 2.54. The van der Waals surface area contributed by atoms with Gasteiger partial charge in [0.1, 0.15) is 0 Å². The standard InChI is InChI=1S/C21H28/c1-19(2,3)15-9-11-17(13-15)21(7,8)18-12-10-16(14-18)20(4,5)6/h9-12H,1-8H3. The summed E-state index contributed by atoms with van der Waals surface area (Å²) in [5.74, 6) is 0. The van der Waals surface area contributed by atoms with Crippen molar-refractivity contribution in [3.8, 4) is 0 Å². The van der Waals surface area contributed by atoms with Crippen molar-refractivity contribution in [2.45, 2.75) is 55.4 Å². The predicted octanol–water partition coefficient (Wildman–Crippen LogP) is 6.15. The number of hydrogen-bond acceptors (Lipinski definition) is 0. The summed E-state index contributed by atoms with van der Waals surface area (Å²) in [6.45, 7) is 18.0. The van der Waals surface area contributed by atoms with E-state index in [-0.39, 0.29) is 16.2 Å². The summed E-state index contributed by atoms with van der Waals surface area (Å²) in [4.78, 5) is 0. The minimum absolute atomic E-state index is 0.0486. The Morgan fingerprint density at radius 1 is 0.524 bits per heavy atom. The summed E-state index contributed by atoms with van der Waals surface area (Å²) >= 11 is 0. The van der Waals surface area contributed by atoms with Crippen LogP contribution in [0.15, 0.2) is 58.1 Å². The van der Waals surface area contributed by atoms with Crippen molar-refractivity contribution in [1.82, 2.24) is 0 Å². The van der Waals surface area contributed by atoms with E-state index in [0.29, 0.717) is 0 Å². The molecule has 0 N–H and O–H groups in total. The highest BCUT2D eigenvalue weighted by atomic mass is 14.3. The first-order chi connectivity index (χ1) is 9.42. The van der Waals surface area contributed by atoms with Crippen LogP contribution in [0.25, 0.3) is 0 Å². The van der Waals surface area contributed by atoms with Gasteiger partial charge in [-0.2, -0.15) is 0 Å². The Morgan fingerprint density at radius 3 is 1.05 bits per heavy atom. The molecule has 0 radical (unpaired) electrons. The van der Waals surface area contributed by atoms with E-state index in [2.05, 4.69) is 91.2 Å². The van der Waals surface area contributed by atoms with E-state index in [1.807, 2.05) is 0 Å². The predicted molar refractivity (Wildman–Crippen MR) is 92.0 cm³/mol. The second kappa shape index (κ2) is 4.77. The first-order valence-corrected chi connectivity index (χ1v) is 7.82. The average Bonchev–Trinajstić information content (AvgIpc) is 2.97. The maximum Gasteiger partial charge on any atom is 0.0292 e. The molecule has 2 aliphatic rings. The topological polar surface area (TPSA) is 0 Å². The zero-order valence-electron chi connectivity index (χ0n) is 14.8. The van der Waals surface area contributed by atoms with Gasteiger partial charge in [0.2, 0.25) is 0 Å². The molecule has 0 bridgehead atoms. The molecular weight excluding hydrogens is 252 g/mol. The maximum atomic E-state index is 3.62. The van der Waals surface area contributed by atoms with Crippen molar-refractivity contribution in [2.24, 2.45) is 16.2 Å². The van der Waals surface area contributed by atoms with Gasteiger partial charge >= 0.3 is 0 Å². The molecule has 0 fully saturated rings. The van der Waals surface area contributed by atoms with Crippen molar-refractivity contribution < 1.29 is 0 Å². The van der Waals surface area contributed by atoms with E-state index in [9.17, 15) is 0 Å². The Hall–Kier alpha value is -1.48. The van der Waals surface area contributed by atoms with Gasteiger partial charge in [-0.25, -0.2) is 0 Å². The molecule has 0 saturated carbocycles. The molecule has 2 rings (SSSR count). The quantitative estimate of drug-likeness (QED) is 0.532. The van der Waals surface area contributed by atoms with Crippen LogP contribution in [0, 0.1) is 16.2 Å². The van der Waals surface area contributed by atoms with Crippen molar-refractivity contribution in [2.75, 3.05) is 0 Å². The lowest BCUT2D eigenvalue weighted by atomic mass is 9.78. The largest absolute Gasteiger partial charge is 0.112 e. The fraction of sp³-hybridized carbons (Fsp3) is 0.524. The molecule has 0 aromatic carbocycles. The highest BCUT2D eigenvalue weighted by Gasteiger charge is 2.31. The summed E-state index contributed by atoms with van der Waals surface area (Å²) in [5.41, 5.74) is 12.6. The Morgan fingerprint density at radius 2 is 0.810 bits per heavy atom. The van der Waals surface area contributed by atoms with Crippen LogP contribution in [-0.4, -0.2) is 0 Å². The van der Waals surface area contributed by atoms with Crippen LogP contribution in [0.3, 0.4) is 0 Å². The van der Waals surface area contributed by atoms with Crippen LogP contribution in [-0.2, 0) is 0 Å². The van der Waals surface area contributed by atoms with Gasteiger partial charge in [0.05, 0.1) is 0 Å². The maximum absolute atomic E-state index is 3.62. The van der Waals surface area contributed by atoms with E-state index in [1.54, 1.807) is 0 Å². The van der Waals surface area contributed by atoms with Crippen molar-refractivity contribution in [3.05, 3.63) is 58.1 Å². The zero-order valence-corrected chi connectivity index (χ0v) is 14.8. The Balaban J connectivity index is 2.48. The first kappa shape index (κ1) is 15.9. The van der Waals surface area contributed by atoms with Crippen molar-refractivity contribution in [3.63, 3.8) is 0 Å². The second-order valence-corrected chi connectivity index (χ2v) is 8.70. The lowest BCUT2D eigenvalue weighted by Gasteiger charge is -2.24. The van der Waals surface area contributed by atoms with Crippen LogP contribution >= 0.6 is 0 Å². The Kier molecular flexibility index (Phi) is 3.61. The lowest BCUT2D eigenvalue weighted by Crippen LogP contribution is -2.14. The molecule has 2 aliphatic carbocycles. The summed E-state index contributed by atoms with van der Waals surface area (Å²) in [5, 5.41) is 0. The molecule has 0 nitrogen and oxygen atoms in total. The molecule has 0 amide bonds. The summed E-state index contributed by atoms with van der Waals surface area (Å²) in [7, 11) is 0. The van der Waals surface area contributed by atoms with Crippen molar-refractivity contribution >= 4 is 0 Å². The molecule has 112 valence electrons. The van der Waals surface area contributed by atoms with E-state index in [0.717, 1.165) is 0 Å². The Bertz CT molecular complexity index is 588. The average molecular weight is 280 g/mol. The molecule has 0 heteroatoms. The molecular formula is C21H28. The highest BCUT2D eigenvalue weighted by molar-refractivity contribution is 5.51. The number of rotatable bonds is 2. The highest BCUT2D eigenvalue weighted by Crippen LogP contribution is 2.42. The van der Waals surface area contributed by atoms with E-state index >= 15 is 0 Å². The summed E-state index contributed by atoms with van der Waals surface area (Å²) in [6, 6.07) is 0. The number of allylic oxidation sites excluding steroid dienone is 6. The summed E-state index contributed by atoms with van der Waals surface area (Å²) in [6.07, 6.45) is 8.87. The number of hydrogen-bond donors (Lipinski definition) is 0. The molecule has 0 saturated heterocycles. The van der Waals surface area contributed by atoms with E-state index in [1.165, 1.54) is 22.3 Å². The third-order valence-corrected chi connectivity index (χ3v) is 4.33. The molecule has 21 heavy (non-hydrogen) atoms.